The van der Waals surface area contributed by atoms with Crippen molar-refractivity contribution < 1.29 is 0 Å². The van der Waals surface area contributed by atoms with Crippen molar-refractivity contribution in [3.63, 3.8) is 0 Å². The minimum atomic E-state index is -0.0196. The van der Waals surface area contributed by atoms with Gasteiger partial charge >= 0.3 is 0 Å². The molecular formula is C24H27N3O. The molecule has 0 radical (unpaired) electrons. The summed E-state index contributed by atoms with van der Waals surface area (Å²) in [5.41, 5.74) is 4.39. The highest BCUT2D eigenvalue weighted by Gasteiger charge is 2.31. The summed E-state index contributed by atoms with van der Waals surface area (Å²) in [6.07, 6.45) is 2.80. The fourth-order valence-electron chi connectivity index (χ4n) is 4.37. The molecule has 1 saturated carbocycles. The van der Waals surface area contributed by atoms with Crippen molar-refractivity contribution in [3.8, 4) is 11.3 Å². The maximum atomic E-state index is 12.5. The molecule has 2 aromatic carbocycles. The number of nitrogens with zero attached hydrogens (tertiary/aromatic N) is 2. The molecule has 0 bridgehead atoms. The van der Waals surface area contributed by atoms with Crippen molar-refractivity contribution in [2.75, 3.05) is 26.2 Å². The molecule has 5 rings (SSSR count). The third-order valence-electron chi connectivity index (χ3n) is 6.25. The molecule has 0 amide bonds. The van der Waals surface area contributed by atoms with E-state index in [1.165, 1.54) is 31.5 Å². The lowest BCUT2D eigenvalue weighted by atomic mass is 10.0. The Bertz CT molecular complexity index is 1040. The summed E-state index contributed by atoms with van der Waals surface area (Å²) >= 11 is 0. The van der Waals surface area contributed by atoms with E-state index in [1.807, 2.05) is 12.1 Å². The van der Waals surface area contributed by atoms with E-state index < -0.39 is 0 Å². The number of hydrogen-bond acceptors (Lipinski definition) is 3. The summed E-state index contributed by atoms with van der Waals surface area (Å²) in [5, 5.41) is 1.78. The van der Waals surface area contributed by atoms with E-state index in [4.69, 9.17) is 0 Å². The van der Waals surface area contributed by atoms with E-state index in [-0.39, 0.29) is 5.56 Å². The van der Waals surface area contributed by atoms with Crippen LogP contribution in [0.25, 0.3) is 22.0 Å². The molecule has 28 heavy (non-hydrogen) atoms. The SMILES string of the molecule is Cc1cccc2c(=O)[nH]c(-c3ccc(CN4CCN(C5CC5)CC4)cc3)cc12. The largest absolute Gasteiger partial charge is 0.321 e. The zero-order valence-electron chi connectivity index (χ0n) is 16.4. The van der Waals surface area contributed by atoms with Gasteiger partial charge in [0, 0.05) is 49.8 Å². The first-order valence-electron chi connectivity index (χ1n) is 10.4. The topological polar surface area (TPSA) is 39.3 Å². The Morgan fingerprint density at radius 3 is 2.43 bits per heavy atom. The van der Waals surface area contributed by atoms with E-state index in [0.717, 1.165) is 53.3 Å². The van der Waals surface area contributed by atoms with Gasteiger partial charge in [0.1, 0.15) is 0 Å². The van der Waals surface area contributed by atoms with E-state index >= 15 is 0 Å². The van der Waals surface area contributed by atoms with Crippen molar-refractivity contribution in [3.05, 3.63) is 70.0 Å². The van der Waals surface area contributed by atoms with Crippen LogP contribution in [0.1, 0.15) is 24.0 Å². The Morgan fingerprint density at radius 2 is 1.71 bits per heavy atom. The summed E-state index contributed by atoms with van der Waals surface area (Å²) in [4.78, 5) is 20.7. The number of H-pyrrole nitrogens is 1. The maximum Gasteiger partial charge on any atom is 0.256 e. The Balaban J connectivity index is 1.32. The number of rotatable bonds is 4. The van der Waals surface area contributed by atoms with E-state index in [1.54, 1.807) is 0 Å². The number of aryl methyl sites for hydroxylation is 1. The highest BCUT2D eigenvalue weighted by atomic mass is 16.1. The van der Waals surface area contributed by atoms with Gasteiger partial charge in [0.15, 0.2) is 0 Å². The van der Waals surface area contributed by atoms with Crippen molar-refractivity contribution in [1.29, 1.82) is 0 Å². The zero-order valence-corrected chi connectivity index (χ0v) is 16.4. The second-order valence-corrected chi connectivity index (χ2v) is 8.29. The predicted octanol–water partition coefficient (Wildman–Crippen LogP) is 3.78. The van der Waals surface area contributed by atoms with E-state index in [2.05, 4.69) is 58.1 Å². The molecule has 1 saturated heterocycles. The molecule has 2 fully saturated rings. The summed E-state index contributed by atoms with van der Waals surface area (Å²) in [6.45, 7) is 7.80. The molecule has 3 aromatic rings. The van der Waals surface area contributed by atoms with Gasteiger partial charge in [-0.1, -0.05) is 36.4 Å². The molecule has 2 heterocycles. The number of benzene rings is 2. The molecule has 1 N–H and O–H groups in total. The van der Waals surface area contributed by atoms with Gasteiger partial charge in [0.2, 0.25) is 0 Å². The molecule has 0 unspecified atom stereocenters. The summed E-state index contributed by atoms with van der Waals surface area (Å²) in [5.74, 6) is 0. The van der Waals surface area contributed by atoms with Crippen LogP contribution in [0.3, 0.4) is 0 Å². The molecular weight excluding hydrogens is 346 g/mol. The predicted molar refractivity (Wildman–Crippen MR) is 115 cm³/mol. The third kappa shape index (κ3) is 3.50. The first-order valence-corrected chi connectivity index (χ1v) is 10.4. The Kier molecular flexibility index (Phi) is 4.53. The summed E-state index contributed by atoms with van der Waals surface area (Å²) < 4.78 is 0. The number of aromatic amines is 1. The van der Waals surface area contributed by atoms with Gasteiger partial charge in [-0.2, -0.15) is 0 Å². The summed E-state index contributed by atoms with van der Waals surface area (Å²) in [6, 6.07) is 17.5. The molecule has 1 aromatic heterocycles. The van der Waals surface area contributed by atoms with Crippen LogP contribution in [0, 0.1) is 6.92 Å². The number of pyridine rings is 1. The molecule has 4 heteroatoms. The second-order valence-electron chi connectivity index (χ2n) is 8.29. The van der Waals surface area contributed by atoms with Crippen molar-refractivity contribution in [2.45, 2.75) is 32.4 Å². The molecule has 1 aliphatic carbocycles. The smallest absolute Gasteiger partial charge is 0.256 e. The number of piperazine rings is 1. The second kappa shape index (κ2) is 7.19. The van der Waals surface area contributed by atoms with Gasteiger partial charge in [-0.3, -0.25) is 14.6 Å². The van der Waals surface area contributed by atoms with Crippen molar-refractivity contribution in [1.82, 2.24) is 14.8 Å². The maximum absolute atomic E-state index is 12.5. The van der Waals surface area contributed by atoms with Crippen LogP contribution in [0.15, 0.2) is 53.3 Å². The lowest BCUT2D eigenvalue weighted by Gasteiger charge is -2.34. The van der Waals surface area contributed by atoms with Crippen LogP contribution in [0.2, 0.25) is 0 Å². The van der Waals surface area contributed by atoms with E-state index in [0.29, 0.717) is 0 Å². The molecule has 0 atom stereocenters. The fourth-order valence-corrected chi connectivity index (χ4v) is 4.37. The lowest BCUT2D eigenvalue weighted by molar-refractivity contribution is 0.121. The van der Waals surface area contributed by atoms with Gasteiger partial charge in [-0.25, -0.2) is 0 Å². The summed E-state index contributed by atoms with van der Waals surface area (Å²) in [7, 11) is 0. The Hall–Kier alpha value is -2.43. The molecule has 0 spiro atoms. The van der Waals surface area contributed by atoms with Gasteiger partial charge < -0.3 is 4.98 Å². The van der Waals surface area contributed by atoms with Crippen LogP contribution in [-0.4, -0.2) is 47.0 Å². The standard InChI is InChI=1S/C24H27N3O/c1-17-3-2-4-21-22(17)15-23(25-24(21)28)19-7-5-18(6-8-19)16-26-11-13-27(14-12-26)20-9-10-20/h2-8,15,20H,9-14,16H2,1H3,(H,25,28). The van der Waals surface area contributed by atoms with Crippen molar-refractivity contribution in [2.24, 2.45) is 0 Å². The van der Waals surface area contributed by atoms with Crippen molar-refractivity contribution >= 4 is 10.8 Å². The monoisotopic (exact) mass is 373 g/mol. The first-order chi connectivity index (χ1) is 13.7. The number of hydrogen-bond donors (Lipinski definition) is 1. The number of nitrogens with one attached hydrogen (secondary N) is 1. The average molecular weight is 374 g/mol. The third-order valence-corrected chi connectivity index (χ3v) is 6.25. The van der Waals surface area contributed by atoms with Crippen LogP contribution >= 0.6 is 0 Å². The highest BCUT2D eigenvalue weighted by Crippen LogP contribution is 2.28. The minimum absolute atomic E-state index is 0.0196. The number of fused-ring (bicyclic) bond motifs is 1. The molecule has 144 valence electrons. The first kappa shape index (κ1) is 17.7. The van der Waals surface area contributed by atoms with Gasteiger partial charge in [-0.05, 0) is 54.0 Å². The molecule has 2 aliphatic rings. The highest BCUT2D eigenvalue weighted by molar-refractivity contribution is 5.87. The van der Waals surface area contributed by atoms with Crippen LogP contribution < -0.4 is 5.56 Å². The normalized spacial score (nSPS) is 18.6. The average Bonchev–Trinajstić information content (AvgIpc) is 3.55. The van der Waals surface area contributed by atoms with E-state index in [9.17, 15) is 4.79 Å². The fraction of sp³-hybridized carbons (Fsp3) is 0.375. The van der Waals surface area contributed by atoms with Crippen LogP contribution in [-0.2, 0) is 6.54 Å². The zero-order chi connectivity index (χ0) is 19.1. The van der Waals surface area contributed by atoms with Gasteiger partial charge in [-0.15, -0.1) is 0 Å². The quantitative estimate of drug-likeness (QED) is 0.756. The Labute approximate surface area is 165 Å². The number of aromatic nitrogens is 1. The Morgan fingerprint density at radius 1 is 0.964 bits per heavy atom. The van der Waals surface area contributed by atoms with Gasteiger partial charge in [0.05, 0.1) is 0 Å². The molecule has 1 aliphatic heterocycles. The molecule has 4 nitrogen and oxygen atoms in total. The minimum Gasteiger partial charge on any atom is -0.321 e. The van der Waals surface area contributed by atoms with Gasteiger partial charge in [0.25, 0.3) is 5.56 Å². The lowest BCUT2D eigenvalue weighted by Crippen LogP contribution is -2.46. The van der Waals surface area contributed by atoms with Crippen LogP contribution in [0.5, 0.6) is 0 Å². The van der Waals surface area contributed by atoms with Crippen LogP contribution in [0.4, 0.5) is 0 Å².